The van der Waals surface area contributed by atoms with Crippen molar-refractivity contribution < 1.29 is 18.0 Å². The summed E-state index contributed by atoms with van der Waals surface area (Å²) in [5, 5.41) is 3.80. The van der Waals surface area contributed by atoms with Gasteiger partial charge >= 0.3 is 0 Å². The van der Waals surface area contributed by atoms with E-state index in [1.165, 1.54) is 4.90 Å². The molecule has 1 N–H and O–H groups in total. The van der Waals surface area contributed by atoms with Gasteiger partial charge in [-0.1, -0.05) is 53.5 Å². The first-order chi connectivity index (χ1) is 16.2. The molecule has 9 heteroatoms. The van der Waals surface area contributed by atoms with Crippen LogP contribution in [0.4, 0.5) is 0 Å². The second-order valence-electron chi connectivity index (χ2n) is 8.16. The van der Waals surface area contributed by atoms with Gasteiger partial charge in [-0.15, -0.1) is 0 Å². The molecule has 1 aliphatic heterocycles. The van der Waals surface area contributed by atoms with E-state index in [0.29, 0.717) is 21.2 Å². The molecule has 0 radical (unpaired) electrons. The molecule has 3 aromatic carbocycles. The van der Waals surface area contributed by atoms with Gasteiger partial charge in [0.25, 0.3) is 11.8 Å². The molecule has 0 aliphatic carbocycles. The summed E-state index contributed by atoms with van der Waals surface area (Å²) in [5.41, 5.74) is 1.58. The molecule has 6 nitrogen and oxygen atoms in total. The quantitative estimate of drug-likeness (QED) is 0.531. The number of halogens is 2. The van der Waals surface area contributed by atoms with Gasteiger partial charge in [0.2, 0.25) is 0 Å². The summed E-state index contributed by atoms with van der Waals surface area (Å²) in [4.78, 5) is 27.9. The molecule has 4 rings (SSSR count). The van der Waals surface area contributed by atoms with Crippen molar-refractivity contribution in [1.29, 1.82) is 0 Å². The number of rotatable bonds is 6. The molecule has 1 saturated heterocycles. The van der Waals surface area contributed by atoms with Crippen molar-refractivity contribution in [1.82, 2.24) is 10.2 Å². The van der Waals surface area contributed by atoms with Crippen LogP contribution in [0.1, 0.15) is 26.3 Å². The Labute approximate surface area is 208 Å². The summed E-state index contributed by atoms with van der Waals surface area (Å²) in [6.45, 7) is 0.190. The number of carbonyl (C=O) groups excluding carboxylic acids is 2. The minimum atomic E-state index is -3.49. The van der Waals surface area contributed by atoms with E-state index in [9.17, 15) is 18.0 Å². The topological polar surface area (TPSA) is 83.6 Å². The number of nitrogens with zero attached hydrogens (tertiary/aromatic N) is 1. The van der Waals surface area contributed by atoms with Crippen LogP contribution in [0.2, 0.25) is 10.0 Å². The highest BCUT2D eigenvalue weighted by Gasteiger charge is 2.43. The summed E-state index contributed by atoms with van der Waals surface area (Å²) in [6.07, 6.45) is 0. The van der Waals surface area contributed by atoms with Crippen LogP contribution in [0.5, 0.6) is 0 Å². The third-order valence-electron chi connectivity index (χ3n) is 5.69. The number of nitrogens with one attached hydrogen (secondary N) is 1. The van der Waals surface area contributed by atoms with Crippen molar-refractivity contribution in [3.63, 3.8) is 0 Å². The van der Waals surface area contributed by atoms with Gasteiger partial charge in [0.15, 0.2) is 9.84 Å². The van der Waals surface area contributed by atoms with Gasteiger partial charge < -0.3 is 10.2 Å². The van der Waals surface area contributed by atoms with E-state index in [2.05, 4.69) is 5.32 Å². The van der Waals surface area contributed by atoms with Crippen molar-refractivity contribution >= 4 is 44.9 Å². The Morgan fingerprint density at radius 2 is 1.38 bits per heavy atom. The van der Waals surface area contributed by atoms with Crippen LogP contribution in [0, 0.1) is 0 Å². The van der Waals surface area contributed by atoms with Crippen LogP contribution in [-0.2, 0) is 16.4 Å². The molecule has 2 unspecified atom stereocenters. The molecule has 0 spiro atoms. The maximum Gasteiger partial charge on any atom is 0.254 e. The maximum atomic E-state index is 13.6. The van der Waals surface area contributed by atoms with E-state index >= 15 is 0 Å². The standard InChI is InChI=1S/C25H22Cl2N2O4S/c26-20-10-6-18(7-11-20)24(30)28-22-15-34(32,33)16-23(22)29(14-17-4-2-1-3-5-17)25(31)19-8-12-21(27)13-9-19/h1-13,22-23H,14-16H2,(H,28,30). The van der Waals surface area contributed by atoms with E-state index in [0.717, 1.165) is 5.56 Å². The summed E-state index contributed by atoms with van der Waals surface area (Å²) >= 11 is 11.9. The van der Waals surface area contributed by atoms with Crippen molar-refractivity contribution in [3.8, 4) is 0 Å². The second-order valence-corrected chi connectivity index (χ2v) is 11.2. The van der Waals surface area contributed by atoms with E-state index in [1.807, 2.05) is 30.3 Å². The van der Waals surface area contributed by atoms with Crippen LogP contribution >= 0.6 is 23.2 Å². The van der Waals surface area contributed by atoms with Gasteiger partial charge in [0, 0.05) is 27.7 Å². The van der Waals surface area contributed by atoms with Crippen molar-refractivity contribution in [2.24, 2.45) is 0 Å². The first kappa shape index (κ1) is 24.3. The number of benzene rings is 3. The first-order valence-electron chi connectivity index (χ1n) is 10.6. The summed E-state index contributed by atoms with van der Waals surface area (Å²) in [7, 11) is -3.49. The van der Waals surface area contributed by atoms with Gasteiger partial charge in [0.05, 0.1) is 23.6 Å². The molecule has 0 aromatic heterocycles. The van der Waals surface area contributed by atoms with Crippen LogP contribution in [-0.4, -0.2) is 48.7 Å². The van der Waals surface area contributed by atoms with Gasteiger partial charge in [-0.05, 0) is 54.1 Å². The van der Waals surface area contributed by atoms with Crippen LogP contribution < -0.4 is 5.32 Å². The van der Waals surface area contributed by atoms with Crippen LogP contribution in [0.15, 0.2) is 78.9 Å². The lowest BCUT2D eigenvalue weighted by Crippen LogP contribution is -2.52. The molecule has 1 heterocycles. The Bertz CT molecular complexity index is 1280. The number of amides is 2. The van der Waals surface area contributed by atoms with Gasteiger partial charge in [-0.3, -0.25) is 9.59 Å². The molecule has 176 valence electrons. The Balaban J connectivity index is 1.66. The number of carbonyl (C=O) groups is 2. The summed E-state index contributed by atoms with van der Waals surface area (Å²) in [5.74, 6) is -1.27. The summed E-state index contributed by atoms with van der Waals surface area (Å²) in [6, 6.07) is 20.5. The predicted molar refractivity (Wildman–Crippen MR) is 133 cm³/mol. The van der Waals surface area contributed by atoms with E-state index in [4.69, 9.17) is 23.2 Å². The van der Waals surface area contributed by atoms with Gasteiger partial charge in [-0.2, -0.15) is 0 Å². The number of hydrogen-bond donors (Lipinski definition) is 1. The lowest BCUT2D eigenvalue weighted by atomic mass is 10.1. The molecule has 1 fully saturated rings. The third kappa shape index (κ3) is 5.78. The normalized spacial score (nSPS) is 18.9. The lowest BCUT2D eigenvalue weighted by molar-refractivity contribution is 0.0640. The van der Waals surface area contributed by atoms with Crippen LogP contribution in [0.3, 0.4) is 0 Å². The molecule has 2 amide bonds. The Morgan fingerprint density at radius 1 is 0.824 bits per heavy atom. The average molecular weight is 517 g/mol. The van der Waals surface area contributed by atoms with Gasteiger partial charge in [0.1, 0.15) is 0 Å². The number of hydrogen-bond acceptors (Lipinski definition) is 4. The summed E-state index contributed by atoms with van der Waals surface area (Å²) < 4.78 is 25.3. The van der Waals surface area contributed by atoms with Crippen LogP contribution in [0.25, 0.3) is 0 Å². The Kier molecular flexibility index (Phi) is 7.26. The highest BCUT2D eigenvalue weighted by molar-refractivity contribution is 7.91. The predicted octanol–water partition coefficient (Wildman–Crippen LogP) is 4.23. The highest BCUT2D eigenvalue weighted by Crippen LogP contribution is 2.24. The molecular weight excluding hydrogens is 495 g/mol. The fraction of sp³-hybridized carbons (Fsp3) is 0.200. The Hall–Kier alpha value is -2.87. The largest absolute Gasteiger partial charge is 0.346 e. The molecule has 1 aliphatic rings. The minimum absolute atomic E-state index is 0.190. The fourth-order valence-corrected chi connectivity index (χ4v) is 6.18. The smallest absolute Gasteiger partial charge is 0.254 e. The zero-order valence-electron chi connectivity index (χ0n) is 18.0. The molecule has 3 aromatic rings. The van der Waals surface area contributed by atoms with Crippen molar-refractivity contribution in [3.05, 3.63) is 106 Å². The van der Waals surface area contributed by atoms with E-state index < -0.39 is 27.8 Å². The molecular formula is C25H22Cl2N2O4S. The van der Waals surface area contributed by atoms with E-state index in [-0.39, 0.29) is 24.0 Å². The lowest BCUT2D eigenvalue weighted by Gasteiger charge is -2.33. The van der Waals surface area contributed by atoms with Crippen molar-refractivity contribution in [2.75, 3.05) is 11.5 Å². The zero-order valence-corrected chi connectivity index (χ0v) is 20.4. The molecule has 0 bridgehead atoms. The zero-order chi connectivity index (χ0) is 24.3. The second kappa shape index (κ2) is 10.2. The highest BCUT2D eigenvalue weighted by atomic mass is 35.5. The molecule has 34 heavy (non-hydrogen) atoms. The minimum Gasteiger partial charge on any atom is -0.346 e. The maximum absolute atomic E-state index is 13.6. The third-order valence-corrected chi connectivity index (χ3v) is 7.91. The Morgan fingerprint density at radius 3 is 1.97 bits per heavy atom. The number of sulfone groups is 1. The average Bonchev–Trinajstić information content (AvgIpc) is 3.12. The molecule has 2 atom stereocenters. The van der Waals surface area contributed by atoms with Gasteiger partial charge in [-0.25, -0.2) is 8.42 Å². The SMILES string of the molecule is O=C(NC1CS(=O)(=O)CC1N(Cc1ccccc1)C(=O)c1ccc(Cl)cc1)c1ccc(Cl)cc1. The monoisotopic (exact) mass is 516 g/mol. The fourth-order valence-electron chi connectivity index (χ4n) is 4.01. The first-order valence-corrected chi connectivity index (χ1v) is 13.2. The van der Waals surface area contributed by atoms with Crippen molar-refractivity contribution in [2.45, 2.75) is 18.6 Å². The molecule has 0 saturated carbocycles. The van der Waals surface area contributed by atoms with E-state index in [1.54, 1.807) is 48.5 Å².